The van der Waals surface area contributed by atoms with Gasteiger partial charge in [-0.1, -0.05) is 12.8 Å². The number of ketones is 1. The van der Waals surface area contributed by atoms with Crippen LogP contribution in [0.25, 0.3) is 6.08 Å². The Balaban J connectivity index is 1.40. The molecule has 0 radical (unpaired) electrons. The Morgan fingerprint density at radius 1 is 1.33 bits per heavy atom. The van der Waals surface area contributed by atoms with Crippen LogP contribution in [0, 0.1) is 29.1 Å². The Kier molecular flexibility index (Phi) is 7.07. The van der Waals surface area contributed by atoms with Crippen LogP contribution in [0.3, 0.4) is 0 Å². The zero-order valence-corrected chi connectivity index (χ0v) is 18.9. The average molecular weight is 451 g/mol. The second-order valence-electron chi connectivity index (χ2n) is 9.31. The molecule has 174 valence electrons. The van der Waals surface area contributed by atoms with Crippen molar-refractivity contribution in [2.24, 2.45) is 17.8 Å². The molecule has 2 N–H and O–H groups in total. The topological polar surface area (TPSA) is 121 Å². The van der Waals surface area contributed by atoms with E-state index in [1.54, 1.807) is 19.4 Å². The van der Waals surface area contributed by atoms with Gasteiger partial charge in [-0.05, 0) is 49.3 Å². The number of piperidine rings is 1. The molecule has 2 amide bonds. The highest BCUT2D eigenvalue weighted by atomic mass is 16.5. The number of methoxy groups -OCH3 is 1. The van der Waals surface area contributed by atoms with Crippen LogP contribution in [0.5, 0.6) is 5.88 Å². The molecule has 1 aliphatic heterocycles. The number of carbonyl (C=O) groups is 3. The molecule has 1 saturated carbocycles. The lowest BCUT2D eigenvalue weighted by molar-refractivity contribution is -0.128. The monoisotopic (exact) mass is 450 g/mol. The maximum absolute atomic E-state index is 13.2. The summed E-state index contributed by atoms with van der Waals surface area (Å²) in [6.45, 7) is 0.669. The van der Waals surface area contributed by atoms with Gasteiger partial charge in [0.25, 0.3) is 0 Å². The van der Waals surface area contributed by atoms with Crippen molar-refractivity contribution in [2.45, 2.75) is 57.4 Å². The van der Waals surface area contributed by atoms with Crippen molar-refractivity contribution in [3.8, 4) is 11.9 Å². The van der Waals surface area contributed by atoms with E-state index in [9.17, 15) is 19.6 Å². The van der Waals surface area contributed by atoms with Crippen LogP contribution in [0.15, 0.2) is 17.8 Å². The molecule has 0 bridgehead atoms. The van der Waals surface area contributed by atoms with Gasteiger partial charge in [0, 0.05) is 42.6 Å². The van der Waals surface area contributed by atoms with Gasteiger partial charge in [-0.2, -0.15) is 5.26 Å². The number of nitrogens with zero attached hydrogens (tertiary/aromatic N) is 2. The number of hydrogen-bond acceptors (Lipinski definition) is 6. The smallest absolute Gasteiger partial charge is 0.248 e. The minimum atomic E-state index is -0.620. The van der Waals surface area contributed by atoms with Crippen molar-refractivity contribution in [2.75, 3.05) is 13.7 Å². The van der Waals surface area contributed by atoms with Crippen molar-refractivity contribution in [3.05, 3.63) is 29.0 Å². The number of pyridine rings is 1. The van der Waals surface area contributed by atoms with Gasteiger partial charge in [0.1, 0.15) is 0 Å². The summed E-state index contributed by atoms with van der Waals surface area (Å²) in [5.74, 6) is -0.281. The number of nitrogens with one attached hydrogen (secondary N) is 2. The van der Waals surface area contributed by atoms with Gasteiger partial charge < -0.3 is 15.4 Å². The van der Waals surface area contributed by atoms with Crippen LogP contribution >= 0.6 is 0 Å². The Hall–Kier alpha value is -3.21. The summed E-state index contributed by atoms with van der Waals surface area (Å²) in [6.07, 6.45) is 8.66. The number of ether oxygens (including phenoxy) is 1. The molecule has 3 unspecified atom stereocenters. The summed E-state index contributed by atoms with van der Waals surface area (Å²) >= 11 is 0. The third kappa shape index (κ3) is 5.59. The highest BCUT2D eigenvalue weighted by Gasteiger charge is 2.34. The van der Waals surface area contributed by atoms with E-state index in [4.69, 9.17) is 4.74 Å². The highest BCUT2D eigenvalue weighted by molar-refractivity contribution is 6.03. The standard InChI is InChI=1S/C25H30N4O4/c1-33-25-20-13-19(12-17(20)6-8-28-25)24(32)29-21(10-15-4-5-15)22(30)11-16(14-26)9-18-3-2-7-27-23(18)31/h6,8,13,15-16,18,21H,2-5,7,9-12H2,1H3,(H,27,31)(H,29,32). The summed E-state index contributed by atoms with van der Waals surface area (Å²) in [5, 5.41) is 15.4. The number of nitriles is 1. The number of aromatic nitrogens is 1. The quantitative estimate of drug-likeness (QED) is 0.564. The minimum absolute atomic E-state index is 0.0329. The van der Waals surface area contributed by atoms with Gasteiger partial charge in [-0.25, -0.2) is 4.98 Å². The van der Waals surface area contributed by atoms with Gasteiger partial charge in [0.15, 0.2) is 5.78 Å². The fraction of sp³-hybridized carbons (Fsp3) is 0.560. The zero-order valence-electron chi connectivity index (χ0n) is 18.9. The first-order valence-electron chi connectivity index (χ1n) is 11.7. The molecule has 3 aliphatic rings. The van der Waals surface area contributed by atoms with Gasteiger partial charge in [-0.15, -0.1) is 0 Å². The van der Waals surface area contributed by atoms with E-state index in [0.29, 0.717) is 43.2 Å². The summed E-state index contributed by atoms with van der Waals surface area (Å²) in [7, 11) is 1.54. The Morgan fingerprint density at radius 2 is 2.15 bits per heavy atom. The second kappa shape index (κ2) is 10.2. The van der Waals surface area contributed by atoms with E-state index < -0.39 is 12.0 Å². The van der Waals surface area contributed by atoms with Crippen LogP contribution in [0.2, 0.25) is 0 Å². The summed E-state index contributed by atoms with van der Waals surface area (Å²) < 4.78 is 5.29. The maximum atomic E-state index is 13.2. The molecule has 0 aromatic carbocycles. The largest absolute Gasteiger partial charge is 0.481 e. The molecule has 1 aromatic heterocycles. The molecule has 0 spiro atoms. The molecule has 2 aliphatic carbocycles. The third-order valence-electron chi connectivity index (χ3n) is 6.79. The highest BCUT2D eigenvalue weighted by Crippen LogP contribution is 2.35. The van der Waals surface area contributed by atoms with Crippen LogP contribution in [-0.4, -0.2) is 42.3 Å². The van der Waals surface area contributed by atoms with Crippen molar-refractivity contribution in [3.63, 3.8) is 0 Å². The summed E-state index contributed by atoms with van der Waals surface area (Å²) in [6, 6.07) is 3.45. The Morgan fingerprint density at radius 3 is 2.85 bits per heavy atom. The van der Waals surface area contributed by atoms with Gasteiger partial charge >= 0.3 is 0 Å². The molecule has 2 heterocycles. The van der Waals surface area contributed by atoms with E-state index in [1.807, 2.05) is 6.07 Å². The lowest BCUT2D eigenvalue weighted by Gasteiger charge is -2.24. The first-order chi connectivity index (χ1) is 16.0. The molecule has 2 fully saturated rings. The average Bonchev–Trinajstić information content (AvgIpc) is 3.53. The van der Waals surface area contributed by atoms with Crippen LogP contribution in [0.1, 0.15) is 56.1 Å². The lowest BCUT2D eigenvalue weighted by atomic mass is 9.85. The SMILES string of the molecule is COc1nccc2c1C=C(C(=O)NC(CC1CC1)C(=O)CC(C#N)CC1CCCNC1=O)C2. The van der Waals surface area contributed by atoms with Crippen molar-refractivity contribution < 1.29 is 19.1 Å². The Bertz CT molecular complexity index is 1010. The minimum Gasteiger partial charge on any atom is -0.481 e. The van der Waals surface area contributed by atoms with Crippen molar-refractivity contribution >= 4 is 23.7 Å². The fourth-order valence-electron chi connectivity index (χ4n) is 4.72. The van der Waals surface area contributed by atoms with E-state index >= 15 is 0 Å². The van der Waals surface area contributed by atoms with Gasteiger partial charge in [0.05, 0.1) is 25.1 Å². The first kappa shape index (κ1) is 23.0. The van der Waals surface area contributed by atoms with Gasteiger partial charge in [0.2, 0.25) is 17.7 Å². The van der Waals surface area contributed by atoms with E-state index in [2.05, 4.69) is 21.7 Å². The van der Waals surface area contributed by atoms with E-state index in [1.165, 1.54) is 0 Å². The normalized spacial score (nSPS) is 21.2. The molecule has 3 atom stereocenters. The zero-order chi connectivity index (χ0) is 23.4. The summed E-state index contributed by atoms with van der Waals surface area (Å²) in [4.78, 5) is 42.4. The van der Waals surface area contributed by atoms with Gasteiger partial charge in [-0.3, -0.25) is 14.4 Å². The van der Waals surface area contributed by atoms with Crippen molar-refractivity contribution in [1.29, 1.82) is 5.26 Å². The molecule has 1 saturated heterocycles. The maximum Gasteiger partial charge on any atom is 0.248 e. The second-order valence-corrected chi connectivity index (χ2v) is 9.31. The Labute approximate surface area is 193 Å². The van der Waals surface area contributed by atoms with Crippen LogP contribution < -0.4 is 15.4 Å². The molecule has 4 rings (SSSR count). The number of fused-ring (bicyclic) bond motifs is 1. The van der Waals surface area contributed by atoms with E-state index in [-0.39, 0.29) is 29.9 Å². The third-order valence-corrected chi connectivity index (χ3v) is 6.79. The number of rotatable bonds is 10. The number of Topliss-reactive ketones (excluding diaryl/α,β-unsaturated/α-hetero) is 1. The van der Waals surface area contributed by atoms with E-state index in [0.717, 1.165) is 36.8 Å². The molecule has 8 heteroatoms. The summed E-state index contributed by atoms with van der Waals surface area (Å²) in [5.41, 5.74) is 2.33. The predicted octanol–water partition coefficient (Wildman–Crippen LogP) is 2.33. The molecule has 8 nitrogen and oxygen atoms in total. The lowest BCUT2D eigenvalue weighted by Crippen LogP contribution is -2.43. The fourth-order valence-corrected chi connectivity index (χ4v) is 4.72. The molecule has 33 heavy (non-hydrogen) atoms. The predicted molar refractivity (Wildman–Crippen MR) is 121 cm³/mol. The molecular weight excluding hydrogens is 420 g/mol. The number of amides is 2. The van der Waals surface area contributed by atoms with Crippen LogP contribution in [-0.2, 0) is 20.8 Å². The first-order valence-corrected chi connectivity index (χ1v) is 11.7. The number of carbonyl (C=O) groups excluding carboxylic acids is 3. The molecular formula is C25H30N4O4. The molecule has 1 aromatic rings. The number of hydrogen-bond donors (Lipinski definition) is 2. The van der Waals surface area contributed by atoms with Crippen molar-refractivity contribution in [1.82, 2.24) is 15.6 Å². The van der Waals surface area contributed by atoms with Crippen LogP contribution in [0.4, 0.5) is 0 Å².